The number of hydrogen-bond acceptors (Lipinski definition) is 6. The summed E-state index contributed by atoms with van der Waals surface area (Å²) in [5.41, 5.74) is 4.33. The molecule has 182 valence electrons. The third-order valence-corrected chi connectivity index (χ3v) is 5.27. The molecule has 0 bridgehead atoms. The average molecular weight is 539 g/mol. The maximum atomic E-state index is 12.5. The summed E-state index contributed by atoms with van der Waals surface area (Å²) >= 11 is 3.39. The largest absolute Gasteiger partial charge is 0.494 e. The normalized spacial score (nSPS) is 10.7. The number of ether oxygens (including phenoxy) is 3. The van der Waals surface area contributed by atoms with Gasteiger partial charge in [0.2, 0.25) is 0 Å². The summed E-state index contributed by atoms with van der Waals surface area (Å²) < 4.78 is 17.4. The standard InChI is InChI=1S/C27H27BrN2O5/c1-3-4-14-33-23-9-11-24(12-10-23)34-18-26(31)30-29-17-21-16-22(28)8-13-25(21)35-27(32)20-7-5-6-19(2)15-20/h5-13,15-17H,3-4,14,18H2,1-2H3,(H,30,31). The van der Waals surface area contributed by atoms with Crippen LogP contribution in [0.1, 0.15) is 41.3 Å². The SMILES string of the molecule is CCCCOc1ccc(OCC(=O)NN=Cc2cc(Br)ccc2OC(=O)c2cccc(C)c2)cc1. The molecule has 7 nitrogen and oxygen atoms in total. The number of carbonyl (C=O) groups excluding carboxylic acids is 2. The van der Waals surface area contributed by atoms with Crippen molar-refractivity contribution in [3.8, 4) is 17.2 Å². The van der Waals surface area contributed by atoms with E-state index in [0.29, 0.717) is 29.2 Å². The molecule has 0 radical (unpaired) electrons. The van der Waals surface area contributed by atoms with E-state index >= 15 is 0 Å². The lowest BCUT2D eigenvalue weighted by Crippen LogP contribution is -2.24. The summed E-state index contributed by atoms with van der Waals surface area (Å²) in [5.74, 6) is 0.704. The van der Waals surface area contributed by atoms with Crippen molar-refractivity contribution in [3.63, 3.8) is 0 Å². The Labute approximate surface area is 213 Å². The second-order valence-corrected chi connectivity index (χ2v) is 8.61. The highest BCUT2D eigenvalue weighted by Crippen LogP contribution is 2.23. The highest BCUT2D eigenvalue weighted by Gasteiger charge is 2.12. The van der Waals surface area contributed by atoms with Gasteiger partial charge >= 0.3 is 5.97 Å². The number of halogens is 1. The molecule has 35 heavy (non-hydrogen) atoms. The maximum Gasteiger partial charge on any atom is 0.343 e. The topological polar surface area (TPSA) is 86.2 Å². The molecule has 3 rings (SSSR count). The molecule has 0 unspecified atom stereocenters. The van der Waals surface area contributed by atoms with Crippen molar-refractivity contribution in [2.24, 2.45) is 5.10 Å². The number of rotatable bonds is 11. The van der Waals surface area contributed by atoms with Gasteiger partial charge in [-0.05, 0) is 67.9 Å². The average Bonchev–Trinajstić information content (AvgIpc) is 2.85. The maximum absolute atomic E-state index is 12.5. The predicted octanol–water partition coefficient (Wildman–Crippen LogP) is 5.68. The van der Waals surface area contributed by atoms with Gasteiger partial charge in [-0.3, -0.25) is 4.79 Å². The predicted molar refractivity (Wildman–Crippen MR) is 138 cm³/mol. The zero-order valence-electron chi connectivity index (χ0n) is 19.6. The van der Waals surface area contributed by atoms with Crippen LogP contribution >= 0.6 is 15.9 Å². The number of amides is 1. The quantitative estimate of drug-likeness (QED) is 0.111. The van der Waals surface area contributed by atoms with Crippen LogP contribution in [0, 0.1) is 6.92 Å². The van der Waals surface area contributed by atoms with Crippen LogP contribution in [0.3, 0.4) is 0 Å². The van der Waals surface area contributed by atoms with Gasteiger partial charge in [-0.1, -0.05) is 47.0 Å². The molecule has 0 heterocycles. The second-order valence-electron chi connectivity index (χ2n) is 7.70. The molecule has 3 aromatic carbocycles. The Balaban J connectivity index is 1.53. The molecule has 0 aliphatic carbocycles. The number of hydrazone groups is 1. The first kappa shape index (κ1) is 26.0. The lowest BCUT2D eigenvalue weighted by Gasteiger charge is -2.09. The van der Waals surface area contributed by atoms with Crippen LogP contribution in [-0.4, -0.2) is 31.3 Å². The van der Waals surface area contributed by atoms with E-state index in [9.17, 15) is 9.59 Å². The molecule has 0 fully saturated rings. The fourth-order valence-electron chi connectivity index (χ4n) is 2.97. The monoisotopic (exact) mass is 538 g/mol. The minimum absolute atomic E-state index is 0.207. The first-order chi connectivity index (χ1) is 16.9. The van der Waals surface area contributed by atoms with E-state index in [1.165, 1.54) is 6.21 Å². The molecule has 0 saturated carbocycles. The van der Waals surface area contributed by atoms with E-state index in [2.05, 4.69) is 33.4 Å². The zero-order valence-corrected chi connectivity index (χ0v) is 21.2. The Hall–Kier alpha value is -3.65. The van der Waals surface area contributed by atoms with Crippen LogP contribution in [0.15, 0.2) is 76.3 Å². The number of esters is 1. The van der Waals surface area contributed by atoms with Crippen LogP contribution in [0.25, 0.3) is 0 Å². The van der Waals surface area contributed by atoms with Crippen LogP contribution in [0.4, 0.5) is 0 Å². The smallest absolute Gasteiger partial charge is 0.343 e. The van der Waals surface area contributed by atoms with E-state index in [0.717, 1.165) is 28.6 Å². The molecule has 1 N–H and O–H groups in total. The van der Waals surface area contributed by atoms with E-state index in [-0.39, 0.29) is 6.61 Å². The van der Waals surface area contributed by atoms with Gasteiger partial charge in [-0.25, -0.2) is 10.2 Å². The van der Waals surface area contributed by atoms with Gasteiger partial charge < -0.3 is 14.2 Å². The molecule has 0 aliphatic heterocycles. The van der Waals surface area contributed by atoms with Crippen molar-refractivity contribution >= 4 is 34.0 Å². The minimum atomic E-state index is -0.482. The molecule has 1 amide bonds. The summed E-state index contributed by atoms with van der Waals surface area (Å²) in [6, 6.07) is 19.4. The molecule has 0 saturated heterocycles. The molecule has 0 aliphatic rings. The zero-order chi connectivity index (χ0) is 25.0. The van der Waals surface area contributed by atoms with E-state index < -0.39 is 11.9 Å². The van der Waals surface area contributed by atoms with Crippen molar-refractivity contribution in [3.05, 3.63) is 87.9 Å². The molecule has 0 spiro atoms. The number of aryl methyl sites for hydroxylation is 1. The van der Waals surface area contributed by atoms with Crippen LogP contribution < -0.4 is 19.6 Å². The van der Waals surface area contributed by atoms with Crippen molar-refractivity contribution in [1.82, 2.24) is 5.43 Å². The lowest BCUT2D eigenvalue weighted by molar-refractivity contribution is -0.123. The Morgan fingerprint density at radius 2 is 1.74 bits per heavy atom. The van der Waals surface area contributed by atoms with Crippen molar-refractivity contribution in [2.75, 3.05) is 13.2 Å². The lowest BCUT2D eigenvalue weighted by atomic mass is 10.1. The molecule has 3 aromatic rings. The minimum Gasteiger partial charge on any atom is -0.494 e. The van der Waals surface area contributed by atoms with Crippen molar-refractivity contribution in [1.29, 1.82) is 0 Å². The summed E-state index contributed by atoms with van der Waals surface area (Å²) in [5, 5.41) is 3.97. The van der Waals surface area contributed by atoms with Gasteiger partial charge in [0.05, 0.1) is 18.4 Å². The fourth-order valence-corrected chi connectivity index (χ4v) is 3.34. The van der Waals surface area contributed by atoms with Gasteiger partial charge in [-0.2, -0.15) is 5.10 Å². The highest BCUT2D eigenvalue weighted by atomic mass is 79.9. The molecule has 8 heteroatoms. The van der Waals surface area contributed by atoms with E-state index in [4.69, 9.17) is 14.2 Å². The number of hydrogen-bond donors (Lipinski definition) is 1. The fraction of sp³-hybridized carbons (Fsp3) is 0.222. The Bertz CT molecular complexity index is 1180. The van der Waals surface area contributed by atoms with Gasteiger partial charge in [0.15, 0.2) is 6.61 Å². The van der Waals surface area contributed by atoms with E-state index in [1.807, 2.05) is 13.0 Å². The number of unbranched alkanes of at least 4 members (excludes halogenated alkanes) is 1. The number of nitrogens with one attached hydrogen (secondary N) is 1. The first-order valence-electron chi connectivity index (χ1n) is 11.2. The molecule has 0 atom stereocenters. The second kappa shape index (κ2) is 13.3. The third-order valence-electron chi connectivity index (χ3n) is 4.78. The number of nitrogens with zero attached hydrogens (tertiary/aromatic N) is 1. The molecular weight excluding hydrogens is 512 g/mol. The molecule has 0 aromatic heterocycles. The van der Waals surface area contributed by atoms with E-state index in [1.54, 1.807) is 60.7 Å². The number of carbonyl (C=O) groups is 2. The van der Waals surface area contributed by atoms with Crippen LogP contribution in [0.2, 0.25) is 0 Å². The highest BCUT2D eigenvalue weighted by molar-refractivity contribution is 9.10. The summed E-state index contributed by atoms with van der Waals surface area (Å²) in [6.45, 7) is 4.47. The Morgan fingerprint density at radius 3 is 2.46 bits per heavy atom. The van der Waals surface area contributed by atoms with Crippen molar-refractivity contribution in [2.45, 2.75) is 26.7 Å². The van der Waals surface area contributed by atoms with Crippen LogP contribution in [0.5, 0.6) is 17.2 Å². The van der Waals surface area contributed by atoms with Crippen molar-refractivity contribution < 1.29 is 23.8 Å². The third kappa shape index (κ3) is 8.57. The number of benzene rings is 3. The van der Waals surface area contributed by atoms with Crippen LogP contribution in [-0.2, 0) is 4.79 Å². The summed E-state index contributed by atoms with van der Waals surface area (Å²) in [6.07, 6.45) is 3.47. The van der Waals surface area contributed by atoms with Gasteiger partial charge in [0.1, 0.15) is 17.2 Å². The Morgan fingerprint density at radius 1 is 1.00 bits per heavy atom. The molecular formula is C27H27BrN2O5. The van der Waals surface area contributed by atoms with Gasteiger partial charge in [0, 0.05) is 10.0 Å². The van der Waals surface area contributed by atoms with Gasteiger partial charge in [0.25, 0.3) is 5.91 Å². The van der Waals surface area contributed by atoms with Gasteiger partial charge in [-0.15, -0.1) is 0 Å². The summed E-state index contributed by atoms with van der Waals surface area (Å²) in [7, 11) is 0. The summed E-state index contributed by atoms with van der Waals surface area (Å²) in [4.78, 5) is 24.6. The Kier molecular flexibility index (Phi) is 9.86. The first-order valence-corrected chi connectivity index (χ1v) is 12.0.